The summed E-state index contributed by atoms with van der Waals surface area (Å²) in [5.74, 6) is 0.574. The second kappa shape index (κ2) is 9.80. The molecule has 1 fully saturated rings. The largest absolute Gasteiger partial charge is 0.322 e. The predicted octanol–water partition coefficient (Wildman–Crippen LogP) is 4.78. The molecule has 0 saturated carbocycles. The standard InChI is InChI=1S/C26H29N5O/c1-18(2)20-5-9-23(10-6-20)31-25(21-12-15-28-16-13-21)24(17-29-31)26(32)30-22-7-3-19(4-8-22)11-14-27/h3-10,17-18,21,28H,11-13,15-16H2,1-2H3,(H,30,32). The average molecular weight is 428 g/mol. The number of hydrogen-bond acceptors (Lipinski definition) is 4. The van der Waals surface area contributed by atoms with E-state index in [0.29, 0.717) is 23.6 Å². The topological polar surface area (TPSA) is 82.7 Å². The van der Waals surface area contributed by atoms with Crippen molar-refractivity contribution in [3.05, 3.63) is 77.1 Å². The molecule has 1 aliphatic heterocycles. The van der Waals surface area contributed by atoms with Crippen LogP contribution in [0.15, 0.2) is 54.7 Å². The van der Waals surface area contributed by atoms with Gasteiger partial charge in [0.2, 0.25) is 0 Å². The summed E-state index contributed by atoms with van der Waals surface area (Å²) in [4.78, 5) is 13.2. The zero-order valence-electron chi connectivity index (χ0n) is 18.6. The Labute approximate surface area is 189 Å². The SMILES string of the molecule is CC(C)c1ccc(-n2ncc(C(=O)Nc3ccc(CC#N)cc3)c2C2CCNCC2)cc1. The molecule has 0 aliphatic carbocycles. The van der Waals surface area contributed by atoms with Gasteiger partial charge in [-0.15, -0.1) is 0 Å². The maximum absolute atomic E-state index is 13.2. The minimum absolute atomic E-state index is 0.156. The van der Waals surface area contributed by atoms with Crippen molar-refractivity contribution < 1.29 is 4.79 Å². The highest BCUT2D eigenvalue weighted by molar-refractivity contribution is 6.05. The molecule has 0 unspecified atom stereocenters. The van der Waals surface area contributed by atoms with E-state index in [1.54, 1.807) is 6.20 Å². The quantitative estimate of drug-likeness (QED) is 0.593. The van der Waals surface area contributed by atoms with E-state index in [0.717, 1.165) is 42.9 Å². The van der Waals surface area contributed by atoms with E-state index in [2.05, 4.69) is 59.9 Å². The highest BCUT2D eigenvalue weighted by Crippen LogP contribution is 2.31. The predicted molar refractivity (Wildman–Crippen MR) is 126 cm³/mol. The minimum atomic E-state index is -0.156. The lowest BCUT2D eigenvalue weighted by Gasteiger charge is -2.25. The van der Waals surface area contributed by atoms with E-state index < -0.39 is 0 Å². The van der Waals surface area contributed by atoms with Crippen LogP contribution in [0.25, 0.3) is 5.69 Å². The van der Waals surface area contributed by atoms with Crippen LogP contribution in [0.1, 0.15) is 65.7 Å². The maximum atomic E-state index is 13.2. The van der Waals surface area contributed by atoms with Crippen molar-refractivity contribution >= 4 is 11.6 Å². The third kappa shape index (κ3) is 4.74. The van der Waals surface area contributed by atoms with Crippen molar-refractivity contribution in [3.63, 3.8) is 0 Å². The summed E-state index contributed by atoms with van der Waals surface area (Å²) < 4.78 is 1.94. The van der Waals surface area contributed by atoms with Gasteiger partial charge in [-0.1, -0.05) is 38.1 Å². The van der Waals surface area contributed by atoms with Gasteiger partial charge >= 0.3 is 0 Å². The molecule has 1 aromatic heterocycles. The van der Waals surface area contributed by atoms with Gasteiger partial charge in [-0.3, -0.25) is 4.79 Å². The van der Waals surface area contributed by atoms with E-state index in [-0.39, 0.29) is 11.8 Å². The van der Waals surface area contributed by atoms with Crippen LogP contribution < -0.4 is 10.6 Å². The number of hydrogen-bond donors (Lipinski definition) is 2. The van der Waals surface area contributed by atoms with Gasteiger partial charge < -0.3 is 10.6 Å². The third-order valence-corrected chi connectivity index (χ3v) is 6.08. The number of aromatic nitrogens is 2. The van der Waals surface area contributed by atoms with Crippen LogP contribution in [-0.4, -0.2) is 28.8 Å². The Bertz CT molecular complexity index is 1100. The first-order valence-corrected chi connectivity index (χ1v) is 11.2. The smallest absolute Gasteiger partial charge is 0.259 e. The van der Waals surface area contributed by atoms with Crippen LogP contribution in [0, 0.1) is 11.3 Å². The number of nitriles is 1. The van der Waals surface area contributed by atoms with Crippen molar-refractivity contribution in [1.29, 1.82) is 5.26 Å². The van der Waals surface area contributed by atoms with Crippen molar-refractivity contribution in [3.8, 4) is 11.8 Å². The fraction of sp³-hybridized carbons (Fsp3) is 0.346. The fourth-order valence-electron chi connectivity index (χ4n) is 4.22. The van der Waals surface area contributed by atoms with Crippen molar-refractivity contribution in [2.75, 3.05) is 18.4 Å². The second-order valence-corrected chi connectivity index (χ2v) is 8.61. The molecule has 1 saturated heterocycles. The molecule has 1 aliphatic rings. The number of carbonyl (C=O) groups is 1. The maximum Gasteiger partial charge on any atom is 0.259 e. The molecule has 32 heavy (non-hydrogen) atoms. The average Bonchev–Trinajstić information content (AvgIpc) is 3.26. The molecule has 164 valence electrons. The number of amides is 1. The number of benzene rings is 2. The third-order valence-electron chi connectivity index (χ3n) is 6.08. The van der Waals surface area contributed by atoms with Crippen molar-refractivity contribution in [1.82, 2.24) is 15.1 Å². The number of carbonyl (C=O) groups excluding carboxylic acids is 1. The Morgan fingerprint density at radius 3 is 2.47 bits per heavy atom. The van der Waals surface area contributed by atoms with Gasteiger partial charge in [0, 0.05) is 11.6 Å². The molecule has 1 amide bonds. The van der Waals surface area contributed by atoms with Gasteiger partial charge in [-0.05, 0) is 67.2 Å². The van der Waals surface area contributed by atoms with Gasteiger partial charge in [0.1, 0.15) is 0 Å². The van der Waals surface area contributed by atoms with Gasteiger partial charge in [-0.25, -0.2) is 4.68 Å². The van der Waals surface area contributed by atoms with E-state index in [1.165, 1.54) is 5.56 Å². The minimum Gasteiger partial charge on any atom is -0.322 e. The monoisotopic (exact) mass is 427 g/mol. The van der Waals surface area contributed by atoms with Crippen LogP contribution in [0.2, 0.25) is 0 Å². The van der Waals surface area contributed by atoms with Gasteiger partial charge in [-0.2, -0.15) is 10.4 Å². The first kappa shape index (κ1) is 21.8. The van der Waals surface area contributed by atoms with E-state index >= 15 is 0 Å². The van der Waals surface area contributed by atoms with Crippen LogP contribution in [-0.2, 0) is 6.42 Å². The molecule has 0 atom stereocenters. The second-order valence-electron chi connectivity index (χ2n) is 8.61. The summed E-state index contributed by atoms with van der Waals surface area (Å²) in [6, 6.07) is 18.0. The van der Waals surface area contributed by atoms with Crippen LogP contribution in [0.5, 0.6) is 0 Å². The summed E-state index contributed by atoms with van der Waals surface area (Å²) in [5, 5.41) is 19.9. The Morgan fingerprint density at radius 1 is 1.16 bits per heavy atom. The van der Waals surface area contributed by atoms with E-state index in [1.807, 2.05) is 28.9 Å². The molecule has 6 heteroatoms. The molecule has 2 heterocycles. The van der Waals surface area contributed by atoms with Crippen LogP contribution in [0.4, 0.5) is 5.69 Å². The number of piperidine rings is 1. The van der Waals surface area contributed by atoms with E-state index in [4.69, 9.17) is 5.26 Å². The Kier molecular flexibility index (Phi) is 6.67. The molecule has 6 nitrogen and oxygen atoms in total. The summed E-state index contributed by atoms with van der Waals surface area (Å²) in [6.45, 7) is 6.23. The number of nitrogens with zero attached hydrogens (tertiary/aromatic N) is 3. The molecule has 4 rings (SSSR count). The fourth-order valence-corrected chi connectivity index (χ4v) is 4.22. The van der Waals surface area contributed by atoms with Crippen LogP contribution in [0.3, 0.4) is 0 Å². The van der Waals surface area contributed by atoms with Gasteiger partial charge in [0.05, 0.1) is 35.6 Å². The molecule has 0 spiro atoms. The first-order valence-electron chi connectivity index (χ1n) is 11.2. The summed E-state index contributed by atoms with van der Waals surface area (Å²) in [6.07, 6.45) is 3.99. The normalized spacial score (nSPS) is 14.3. The molecular formula is C26H29N5O. The molecule has 0 radical (unpaired) electrons. The van der Waals surface area contributed by atoms with Crippen molar-refractivity contribution in [2.45, 2.75) is 44.9 Å². The van der Waals surface area contributed by atoms with Gasteiger partial charge in [0.25, 0.3) is 5.91 Å². The lowest BCUT2D eigenvalue weighted by atomic mass is 9.91. The van der Waals surface area contributed by atoms with Crippen molar-refractivity contribution in [2.24, 2.45) is 0 Å². The van der Waals surface area contributed by atoms with Crippen LogP contribution >= 0.6 is 0 Å². The molecule has 3 aromatic rings. The molecule has 0 bridgehead atoms. The number of rotatable bonds is 6. The lowest BCUT2D eigenvalue weighted by molar-refractivity contribution is 0.102. The lowest BCUT2D eigenvalue weighted by Crippen LogP contribution is -2.29. The summed E-state index contributed by atoms with van der Waals surface area (Å²) >= 11 is 0. The Hall–Kier alpha value is -3.43. The highest BCUT2D eigenvalue weighted by atomic mass is 16.1. The summed E-state index contributed by atoms with van der Waals surface area (Å²) in [7, 11) is 0. The zero-order valence-corrected chi connectivity index (χ0v) is 18.6. The number of anilines is 1. The Balaban J connectivity index is 1.65. The molecule has 2 aromatic carbocycles. The van der Waals surface area contributed by atoms with E-state index in [9.17, 15) is 4.79 Å². The highest BCUT2D eigenvalue weighted by Gasteiger charge is 2.27. The Morgan fingerprint density at radius 2 is 1.84 bits per heavy atom. The zero-order chi connectivity index (χ0) is 22.5. The molecule has 2 N–H and O–H groups in total. The summed E-state index contributed by atoms with van der Waals surface area (Å²) in [5.41, 5.74) is 5.49. The number of nitrogens with one attached hydrogen (secondary N) is 2. The molecular weight excluding hydrogens is 398 g/mol. The van der Waals surface area contributed by atoms with Gasteiger partial charge in [0.15, 0.2) is 0 Å². The first-order chi connectivity index (χ1) is 15.6.